The average Bonchev–Trinajstić information content (AvgIpc) is 2.70. The van der Waals surface area contributed by atoms with Crippen molar-refractivity contribution in [3.8, 4) is 0 Å². The van der Waals surface area contributed by atoms with Crippen LogP contribution < -0.4 is 11.1 Å². The minimum atomic E-state index is 0.303. The highest BCUT2D eigenvalue weighted by Crippen LogP contribution is 2.19. The van der Waals surface area contributed by atoms with Gasteiger partial charge in [0.1, 0.15) is 4.99 Å². The van der Waals surface area contributed by atoms with Gasteiger partial charge in [-0.3, -0.25) is 9.67 Å². The largest absolute Gasteiger partial charge is 0.388 e. The zero-order valence-electron chi connectivity index (χ0n) is 10.3. The van der Waals surface area contributed by atoms with Crippen LogP contribution in [0, 0.1) is 0 Å². The molecule has 0 unspecified atom stereocenters. The standard InChI is InChI=1S/C12H15N5S/c1-3-9-11(7-17(2)16-9)15-8-4-5-10(12(13)18)14-6-8/h4-7,15H,3H2,1-2H3,(H2,13,18). The van der Waals surface area contributed by atoms with Gasteiger partial charge in [0, 0.05) is 13.2 Å². The maximum absolute atomic E-state index is 5.50. The second-order valence-corrected chi connectivity index (χ2v) is 4.38. The summed E-state index contributed by atoms with van der Waals surface area (Å²) in [4.78, 5) is 4.48. The summed E-state index contributed by atoms with van der Waals surface area (Å²) in [5.74, 6) is 0. The summed E-state index contributed by atoms with van der Waals surface area (Å²) < 4.78 is 1.79. The van der Waals surface area contributed by atoms with Crippen molar-refractivity contribution in [3.63, 3.8) is 0 Å². The lowest BCUT2D eigenvalue weighted by molar-refractivity contribution is 0.746. The van der Waals surface area contributed by atoms with Crippen molar-refractivity contribution < 1.29 is 0 Å². The van der Waals surface area contributed by atoms with Crippen LogP contribution in [0.25, 0.3) is 0 Å². The van der Waals surface area contributed by atoms with Gasteiger partial charge in [0.05, 0.1) is 29.0 Å². The number of nitrogens with two attached hydrogens (primary N) is 1. The first-order valence-corrected chi connectivity index (χ1v) is 6.06. The Kier molecular flexibility index (Phi) is 3.57. The summed E-state index contributed by atoms with van der Waals surface area (Å²) in [6, 6.07) is 3.70. The second-order valence-electron chi connectivity index (χ2n) is 3.94. The van der Waals surface area contributed by atoms with E-state index >= 15 is 0 Å². The predicted molar refractivity (Wildman–Crippen MR) is 76.0 cm³/mol. The van der Waals surface area contributed by atoms with Crippen molar-refractivity contribution in [3.05, 3.63) is 35.9 Å². The Balaban J connectivity index is 2.20. The van der Waals surface area contributed by atoms with Crippen LogP contribution in [0.4, 0.5) is 11.4 Å². The molecule has 6 heteroatoms. The molecule has 0 saturated heterocycles. The van der Waals surface area contributed by atoms with Crippen molar-refractivity contribution in [1.29, 1.82) is 0 Å². The van der Waals surface area contributed by atoms with E-state index in [1.807, 2.05) is 19.3 Å². The molecule has 5 nitrogen and oxygen atoms in total. The molecule has 0 spiro atoms. The summed E-state index contributed by atoms with van der Waals surface area (Å²) in [6.45, 7) is 2.07. The summed E-state index contributed by atoms with van der Waals surface area (Å²) in [6.07, 6.45) is 4.53. The predicted octanol–water partition coefficient (Wildman–Crippen LogP) is 1.76. The van der Waals surface area contributed by atoms with Gasteiger partial charge in [0.25, 0.3) is 0 Å². The summed E-state index contributed by atoms with van der Waals surface area (Å²) in [5.41, 5.74) is 9.02. The molecule has 0 atom stereocenters. The van der Waals surface area contributed by atoms with Gasteiger partial charge in [-0.2, -0.15) is 5.10 Å². The molecule has 3 N–H and O–H groups in total. The van der Waals surface area contributed by atoms with E-state index in [2.05, 4.69) is 22.3 Å². The lowest BCUT2D eigenvalue weighted by Gasteiger charge is -2.05. The van der Waals surface area contributed by atoms with Gasteiger partial charge in [0.15, 0.2) is 0 Å². The lowest BCUT2D eigenvalue weighted by Crippen LogP contribution is -2.11. The Morgan fingerprint density at radius 3 is 2.83 bits per heavy atom. The number of rotatable bonds is 4. The third-order valence-corrected chi connectivity index (χ3v) is 2.74. The molecule has 0 amide bonds. The second kappa shape index (κ2) is 5.14. The van der Waals surface area contributed by atoms with E-state index in [1.54, 1.807) is 16.9 Å². The number of nitrogens with zero attached hydrogens (tertiary/aromatic N) is 3. The van der Waals surface area contributed by atoms with Crippen LogP contribution in [-0.2, 0) is 13.5 Å². The monoisotopic (exact) mass is 261 g/mol. The fraction of sp³-hybridized carbons (Fsp3) is 0.250. The van der Waals surface area contributed by atoms with Crippen molar-refractivity contribution in [2.75, 3.05) is 5.32 Å². The maximum atomic E-state index is 5.50. The van der Waals surface area contributed by atoms with Crippen LogP contribution >= 0.6 is 12.2 Å². The molecule has 2 aromatic rings. The maximum Gasteiger partial charge on any atom is 0.122 e. The topological polar surface area (TPSA) is 68.8 Å². The summed E-state index contributed by atoms with van der Waals surface area (Å²) in [7, 11) is 1.90. The summed E-state index contributed by atoms with van der Waals surface area (Å²) in [5, 5.41) is 7.64. The number of nitrogens with one attached hydrogen (secondary N) is 1. The molecule has 0 aliphatic carbocycles. The van der Waals surface area contributed by atoms with Crippen molar-refractivity contribution >= 4 is 28.6 Å². The molecule has 0 aromatic carbocycles. The van der Waals surface area contributed by atoms with E-state index in [0.717, 1.165) is 23.5 Å². The van der Waals surface area contributed by atoms with Crippen LogP contribution in [-0.4, -0.2) is 19.8 Å². The normalized spacial score (nSPS) is 10.3. The van der Waals surface area contributed by atoms with Gasteiger partial charge >= 0.3 is 0 Å². The molecule has 0 aliphatic rings. The molecular formula is C12H15N5S. The fourth-order valence-electron chi connectivity index (χ4n) is 1.67. The number of aromatic nitrogens is 3. The molecule has 2 rings (SSSR count). The number of thiocarbonyl (C=S) groups is 1. The van der Waals surface area contributed by atoms with Crippen LogP contribution in [0.3, 0.4) is 0 Å². The van der Waals surface area contributed by atoms with Crippen molar-refractivity contribution in [2.45, 2.75) is 13.3 Å². The lowest BCUT2D eigenvalue weighted by atomic mass is 10.3. The zero-order chi connectivity index (χ0) is 13.1. The number of anilines is 2. The zero-order valence-corrected chi connectivity index (χ0v) is 11.2. The van der Waals surface area contributed by atoms with Crippen molar-refractivity contribution in [1.82, 2.24) is 14.8 Å². The number of hydrogen-bond donors (Lipinski definition) is 2. The summed E-state index contributed by atoms with van der Waals surface area (Å²) >= 11 is 4.86. The average molecular weight is 261 g/mol. The van der Waals surface area contributed by atoms with Gasteiger partial charge in [0.2, 0.25) is 0 Å². The van der Waals surface area contributed by atoms with Gasteiger partial charge < -0.3 is 11.1 Å². The van der Waals surface area contributed by atoms with Gasteiger partial charge in [-0.05, 0) is 18.6 Å². The van der Waals surface area contributed by atoms with Crippen LogP contribution in [0.2, 0.25) is 0 Å². The fourth-order valence-corrected chi connectivity index (χ4v) is 1.79. The molecule has 2 heterocycles. The highest BCUT2D eigenvalue weighted by Gasteiger charge is 2.06. The third kappa shape index (κ3) is 2.65. The Bertz CT molecular complexity index is 558. The smallest absolute Gasteiger partial charge is 0.122 e. The van der Waals surface area contributed by atoms with E-state index in [9.17, 15) is 0 Å². The minimum Gasteiger partial charge on any atom is -0.388 e. The molecule has 0 fully saturated rings. The first kappa shape index (κ1) is 12.5. The van der Waals surface area contributed by atoms with Gasteiger partial charge in [-0.15, -0.1) is 0 Å². The number of aryl methyl sites for hydroxylation is 2. The Hall–Kier alpha value is -1.95. The van der Waals surface area contributed by atoms with E-state index in [1.165, 1.54) is 0 Å². The minimum absolute atomic E-state index is 0.303. The van der Waals surface area contributed by atoms with Gasteiger partial charge in [-0.25, -0.2) is 0 Å². The van der Waals surface area contributed by atoms with Crippen LogP contribution in [0.5, 0.6) is 0 Å². The molecule has 0 bridgehead atoms. The van der Waals surface area contributed by atoms with Crippen LogP contribution in [0.1, 0.15) is 18.3 Å². The first-order valence-electron chi connectivity index (χ1n) is 5.65. The highest BCUT2D eigenvalue weighted by atomic mass is 32.1. The third-order valence-electron chi connectivity index (χ3n) is 2.54. The number of hydrogen-bond acceptors (Lipinski definition) is 4. The Morgan fingerprint density at radius 1 is 1.50 bits per heavy atom. The molecule has 0 aliphatic heterocycles. The van der Waals surface area contributed by atoms with Crippen molar-refractivity contribution in [2.24, 2.45) is 12.8 Å². The molecular weight excluding hydrogens is 246 g/mol. The van der Waals surface area contributed by atoms with Crippen LogP contribution in [0.15, 0.2) is 24.5 Å². The molecule has 18 heavy (non-hydrogen) atoms. The molecule has 0 radical (unpaired) electrons. The quantitative estimate of drug-likeness (QED) is 0.821. The van der Waals surface area contributed by atoms with E-state index < -0.39 is 0 Å². The SMILES string of the molecule is CCc1nn(C)cc1Nc1ccc(C(N)=S)nc1. The van der Waals surface area contributed by atoms with E-state index in [0.29, 0.717) is 10.7 Å². The number of pyridine rings is 1. The Labute approximate surface area is 111 Å². The molecule has 94 valence electrons. The molecule has 2 aromatic heterocycles. The van der Waals surface area contributed by atoms with E-state index in [-0.39, 0.29) is 0 Å². The highest BCUT2D eigenvalue weighted by molar-refractivity contribution is 7.80. The first-order chi connectivity index (χ1) is 8.60. The van der Waals surface area contributed by atoms with Gasteiger partial charge in [-0.1, -0.05) is 19.1 Å². The molecule has 0 saturated carbocycles. The Morgan fingerprint density at radius 2 is 2.28 bits per heavy atom. The van der Waals surface area contributed by atoms with E-state index in [4.69, 9.17) is 18.0 Å².